The second-order valence-electron chi connectivity index (χ2n) is 7.12. The van der Waals surface area contributed by atoms with Crippen LogP contribution in [-0.2, 0) is 10.9 Å². The first kappa shape index (κ1) is 20.2. The Labute approximate surface area is 171 Å². The van der Waals surface area contributed by atoms with Crippen molar-refractivity contribution in [1.29, 1.82) is 0 Å². The normalized spacial score (nSPS) is 17.2. The van der Waals surface area contributed by atoms with Crippen LogP contribution >= 0.6 is 0 Å². The van der Waals surface area contributed by atoms with E-state index in [9.17, 15) is 18.0 Å². The van der Waals surface area contributed by atoms with Gasteiger partial charge in [0.1, 0.15) is 6.10 Å². The average Bonchev–Trinajstić information content (AvgIpc) is 3.14. The molecule has 0 bridgehead atoms. The Kier molecular flexibility index (Phi) is 5.34. The molecule has 4 rings (SSSR count). The van der Waals surface area contributed by atoms with Crippen LogP contribution < -0.4 is 0 Å². The van der Waals surface area contributed by atoms with E-state index in [2.05, 4.69) is 5.10 Å². The largest absolute Gasteiger partial charge is 0.416 e. The van der Waals surface area contributed by atoms with Crippen LogP contribution in [0.1, 0.15) is 33.3 Å². The van der Waals surface area contributed by atoms with Crippen molar-refractivity contribution in [2.45, 2.75) is 19.2 Å². The van der Waals surface area contributed by atoms with E-state index >= 15 is 0 Å². The molecule has 1 saturated heterocycles. The summed E-state index contributed by atoms with van der Waals surface area (Å²) >= 11 is 0. The number of benzene rings is 2. The summed E-state index contributed by atoms with van der Waals surface area (Å²) in [4.78, 5) is 14.8. The number of ether oxygens (including phenoxy) is 1. The lowest BCUT2D eigenvalue weighted by molar-refractivity contribution is -0.137. The Bertz CT molecular complexity index is 1050. The van der Waals surface area contributed by atoms with Gasteiger partial charge in [-0.25, -0.2) is 4.68 Å². The number of alkyl halides is 3. The van der Waals surface area contributed by atoms with E-state index in [0.29, 0.717) is 31.0 Å². The van der Waals surface area contributed by atoms with Gasteiger partial charge in [0.05, 0.1) is 41.9 Å². The zero-order valence-corrected chi connectivity index (χ0v) is 16.3. The molecule has 1 atom stereocenters. The molecule has 3 aromatic rings. The van der Waals surface area contributed by atoms with Crippen molar-refractivity contribution in [3.63, 3.8) is 0 Å². The van der Waals surface area contributed by atoms with Gasteiger partial charge in [0, 0.05) is 6.54 Å². The second kappa shape index (κ2) is 7.95. The molecule has 5 nitrogen and oxygen atoms in total. The van der Waals surface area contributed by atoms with Crippen molar-refractivity contribution >= 4 is 5.91 Å². The Hall–Kier alpha value is -3.13. The molecule has 0 spiro atoms. The lowest BCUT2D eigenvalue weighted by Gasteiger charge is -2.33. The molecule has 156 valence electrons. The minimum atomic E-state index is -4.45. The van der Waals surface area contributed by atoms with Crippen LogP contribution in [0, 0.1) is 6.92 Å². The number of hydrogen-bond donors (Lipinski definition) is 0. The molecule has 1 aromatic heterocycles. The quantitative estimate of drug-likeness (QED) is 0.637. The maximum absolute atomic E-state index is 13.1. The van der Waals surface area contributed by atoms with Crippen LogP contribution in [-0.4, -0.2) is 40.3 Å². The molecule has 8 heteroatoms. The molecule has 1 fully saturated rings. The molecule has 2 heterocycles. The summed E-state index contributed by atoms with van der Waals surface area (Å²) in [6.45, 7) is 2.93. The van der Waals surface area contributed by atoms with Gasteiger partial charge in [-0.1, -0.05) is 36.4 Å². The monoisotopic (exact) mass is 415 g/mol. The molecule has 2 aromatic carbocycles. The Morgan fingerprint density at radius 2 is 1.90 bits per heavy atom. The molecule has 0 radical (unpaired) electrons. The minimum Gasteiger partial charge on any atom is -0.370 e. The first-order valence-electron chi connectivity index (χ1n) is 9.52. The Morgan fingerprint density at radius 3 is 2.63 bits per heavy atom. The molecule has 0 saturated carbocycles. The summed E-state index contributed by atoms with van der Waals surface area (Å²) in [5, 5.41) is 4.17. The third-order valence-corrected chi connectivity index (χ3v) is 5.18. The number of nitrogens with zero attached hydrogens (tertiary/aromatic N) is 3. The van der Waals surface area contributed by atoms with E-state index in [1.54, 1.807) is 11.8 Å². The number of hydrogen-bond acceptors (Lipinski definition) is 3. The number of aromatic nitrogens is 2. The van der Waals surface area contributed by atoms with Crippen molar-refractivity contribution in [3.05, 3.63) is 83.2 Å². The Balaban J connectivity index is 1.57. The molecule has 30 heavy (non-hydrogen) atoms. The van der Waals surface area contributed by atoms with Gasteiger partial charge in [-0.3, -0.25) is 4.79 Å². The second-order valence-corrected chi connectivity index (χ2v) is 7.12. The predicted octanol–water partition coefficient (Wildman–Crippen LogP) is 4.41. The van der Waals surface area contributed by atoms with Crippen LogP contribution in [0.2, 0.25) is 0 Å². The third kappa shape index (κ3) is 3.95. The fourth-order valence-electron chi connectivity index (χ4n) is 3.57. The molecular formula is C22H20F3N3O2. The summed E-state index contributed by atoms with van der Waals surface area (Å²) in [6, 6.07) is 14.6. The SMILES string of the molecule is Cc1c(C(=O)N2CCO[C@@H](c3ccccc3)C2)cnn1-c1cccc(C(F)(F)F)c1. The van der Waals surface area contributed by atoms with Crippen LogP contribution in [0.3, 0.4) is 0 Å². The van der Waals surface area contributed by atoms with Gasteiger partial charge in [-0.05, 0) is 30.7 Å². The van der Waals surface area contributed by atoms with E-state index in [1.165, 1.54) is 23.0 Å². The molecule has 1 amide bonds. The summed E-state index contributed by atoms with van der Waals surface area (Å²) in [5.74, 6) is -0.213. The standard InChI is InChI=1S/C22H20F3N3O2/c1-15-19(13-26-28(15)18-9-5-8-17(12-18)22(23,24)25)21(29)27-10-11-30-20(14-27)16-6-3-2-4-7-16/h2-9,12-13,20H,10-11,14H2,1H3/t20-/m1/s1. The van der Waals surface area contributed by atoms with Crippen molar-refractivity contribution in [3.8, 4) is 5.69 Å². The fourth-order valence-corrected chi connectivity index (χ4v) is 3.57. The van der Waals surface area contributed by atoms with Gasteiger partial charge in [0.25, 0.3) is 5.91 Å². The maximum atomic E-state index is 13.1. The van der Waals surface area contributed by atoms with Crippen molar-refractivity contribution in [2.24, 2.45) is 0 Å². The first-order chi connectivity index (χ1) is 14.3. The summed E-state index contributed by atoms with van der Waals surface area (Å²) in [6.07, 6.45) is -3.26. The van der Waals surface area contributed by atoms with Crippen molar-refractivity contribution < 1.29 is 22.7 Å². The predicted molar refractivity (Wildman–Crippen MR) is 104 cm³/mol. The highest BCUT2D eigenvalue weighted by atomic mass is 19.4. The van der Waals surface area contributed by atoms with Crippen molar-refractivity contribution in [1.82, 2.24) is 14.7 Å². The highest BCUT2D eigenvalue weighted by molar-refractivity contribution is 5.95. The summed E-state index contributed by atoms with van der Waals surface area (Å²) in [7, 11) is 0. The molecule has 0 aliphatic carbocycles. The smallest absolute Gasteiger partial charge is 0.370 e. The van der Waals surface area contributed by atoms with E-state index in [-0.39, 0.29) is 17.7 Å². The van der Waals surface area contributed by atoms with E-state index in [1.807, 2.05) is 30.3 Å². The van der Waals surface area contributed by atoms with E-state index in [0.717, 1.165) is 17.7 Å². The topological polar surface area (TPSA) is 47.4 Å². The zero-order chi connectivity index (χ0) is 21.3. The highest BCUT2D eigenvalue weighted by Gasteiger charge is 2.31. The van der Waals surface area contributed by atoms with Crippen LogP contribution in [0.4, 0.5) is 13.2 Å². The van der Waals surface area contributed by atoms with Gasteiger partial charge in [0.2, 0.25) is 0 Å². The number of carbonyl (C=O) groups excluding carboxylic acids is 1. The van der Waals surface area contributed by atoms with Crippen LogP contribution in [0.15, 0.2) is 60.8 Å². The molecular weight excluding hydrogens is 395 g/mol. The van der Waals surface area contributed by atoms with Crippen LogP contribution in [0.25, 0.3) is 5.69 Å². The van der Waals surface area contributed by atoms with Gasteiger partial charge < -0.3 is 9.64 Å². The van der Waals surface area contributed by atoms with E-state index in [4.69, 9.17) is 4.74 Å². The van der Waals surface area contributed by atoms with Gasteiger partial charge >= 0.3 is 6.18 Å². The molecule has 1 aliphatic heterocycles. The highest BCUT2D eigenvalue weighted by Crippen LogP contribution is 2.31. The fraction of sp³-hybridized carbons (Fsp3) is 0.273. The minimum absolute atomic E-state index is 0.213. The van der Waals surface area contributed by atoms with Crippen LogP contribution in [0.5, 0.6) is 0 Å². The molecule has 0 unspecified atom stereocenters. The van der Waals surface area contributed by atoms with Gasteiger partial charge in [-0.2, -0.15) is 18.3 Å². The molecule has 1 aliphatic rings. The van der Waals surface area contributed by atoms with Gasteiger partial charge in [-0.15, -0.1) is 0 Å². The van der Waals surface area contributed by atoms with Crippen molar-refractivity contribution in [2.75, 3.05) is 19.7 Å². The number of rotatable bonds is 3. The summed E-state index contributed by atoms with van der Waals surface area (Å²) in [5.41, 5.74) is 1.33. The molecule has 0 N–H and O–H groups in total. The first-order valence-corrected chi connectivity index (χ1v) is 9.52. The maximum Gasteiger partial charge on any atom is 0.416 e. The number of amides is 1. The number of morpholine rings is 1. The third-order valence-electron chi connectivity index (χ3n) is 5.18. The number of halogens is 3. The lowest BCUT2D eigenvalue weighted by atomic mass is 10.1. The number of carbonyl (C=O) groups is 1. The average molecular weight is 415 g/mol. The zero-order valence-electron chi connectivity index (χ0n) is 16.3. The van der Waals surface area contributed by atoms with E-state index < -0.39 is 11.7 Å². The lowest BCUT2D eigenvalue weighted by Crippen LogP contribution is -2.42. The summed E-state index contributed by atoms with van der Waals surface area (Å²) < 4.78 is 46.3. The Morgan fingerprint density at radius 1 is 1.13 bits per heavy atom. The van der Waals surface area contributed by atoms with Gasteiger partial charge in [0.15, 0.2) is 0 Å².